The van der Waals surface area contributed by atoms with Gasteiger partial charge in [-0.2, -0.15) is 12.6 Å². The Labute approximate surface area is 219 Å². The summed E-state index contributed by atoms with van der Waals surface area (Å²) in [6, 6.07) is 23.4. The van der Waals surface area contributed by atoms with Crippen LogP contribution in [-0.2, 0) is 0 Å². The van der Waals surface area contributed by atoms with Gasteiger partial charge >= 0.3 is 0 Å². The van der Waals surface area contributed by atoms with E-state index in [0.717, 1.165) is 62.3 Å². The molecule has 6 heteroatoms. The standard InChI is InChI=1S/C30H36F2N2OS/c31-26-12-8-23(9-13-26)29(24-10-14-27(32)15-11-24)7-4-16-33-17-19-34(20-18-33)22-28(35)21-30(36)25-5-2-1-3-6-25/h1-3,5-6,8-15,28-30,35-36H,4,7,16-22H2. The van der Waals surface area contributed by atoms with Gasteiger partial charge < -0.3 is 10.0 Å². The van der Waals surface area contributed by atoms with Crippen LogP contribution in [0.2, 0.25) is 0 Å². The van der Waals surface area contributed by atoms with E-state index in [9.17, 15) is 13.9 Å². The second kappa shape index (κ2) is 13.3. The van der Waals surface area contributed by atoms with Crippen molar-refractivity contribution < 1.29 is 13.9 Å². The number of piperazine rings is 1. The SMILES string of the molecule is OC(CC(S)c1ccccc1)CN1CCN(CCCC(c2ccc(F)cc2)c2ccc(F)cc2)CC1. The second-order valence-corrected chi connectivity index (χ2v) is 10.4. The first-order chi connectivity index (χ1) is 17.5. The Morgan fingerprint density at radius 3 is 1.81 bits per heavy atom. The monoisotopic (exact) mass is 510 g/mol. The van der Waals surface area contributed by atoms with Gasteiger partial charge in [0.2, 0.25) is 0 Å². The van der Waals surface area contributed by atoms with E-state index in [4.69, 9.17) is 0 Å². The van der Waals surface area contributed by atoms with Crippen molar-refractivity contribution in [3.05, 3.63) is 107 Å². The molecule has 3 aromatic carbocycles. The van der Waals surface area contributed by atoms with Crippen LogP contribution in [0.5, 0.6) is 0 Å². The quantitative estimate of drug-likeness (QED) is 0.314. The lowest BCUT2D eigenvalue weighted by Gasteiger charge is -2.36. The number of nitrogens with zero attached hydrogens (tertiary/aromatic N) is 2. The molecule has 1 aliphatic heterocycles. The lowest BCUT2D eigenvalue weighted by Crippen LogP contribution is -2.48. The van der Waals surface area contributed by atoms with Gasteiger partial charge in [0.25, 0.3) is 0 Å². The van der Waals surface area contributed by atoms with Crippen molar-refractivity contribution in [2.75, 3.05) is 39.3 Å². The van der Waals surface area contributed by atoms with Gasteiger partial charge in [0, 0.05) is 43.9 Å². The minimum absolute atomic E-state index is 0.0395. The van der Waals surface area contributed by atoms with E-state index >= 15 is 0 Å². The molecule has 1 aliphatic rings. The summed E-state index contributed by atoms with van der Waals surface area (Å²) >= 11 is 4.68. The molecule has 0 saturated carbocycles. The molecule has 0 radical (unpaired) electrons. The Bertz CT molecular complexity index is 995. The highest BCUT2D eigenvalue weighted by molar-refractivity contribution is 7.80. The van der Waals surface area contributed by atoms with Gasteiger partial charge in [-0.25, -0.2) is 8.78 Å². The van der Waals surface area contributed by atoms with Gasteiger partial charge in [0.15, 0.2) is 0 Å². The number of rotatable bonds is 11. The maximum atomic E-state index is 13.5. The Morgan fingerprint density at radius 1 is 0.722 bits per heavy atom. The molecule has 1 heterocycles. The van der Waals surface area contributed by atoms with Gasteiger partial charge in [0.1, 0.15) is 11.6 Å². The van der Waals surface area contributed by atoms with E-state index in [1.807, 2.05) is 42.5 Å². The third-order valence-electron chi connectivity index (χ3n) is 7.13. The number of aliphatic hydroxyl groups excluding tert-OH is 1. The van der Waals surface area contributed by atoms with E-state index in [1.54, 1.807) is 0 Å². The van der Waals surface area contributed by atoms with Crippen LogP contribution < -0.4 is 0 Å². The molecule has 0 spiro atoms. The highest BCUT2D eigenvalue weighted by atomic mass is 32.1. The summed E-state index contributed by atoms with van der Waals surface area (Å²) in [7, 11) is 0. The lowest BCUT2D eigenvalue weighted by atomic mass is 9.87. The molecule has 4 rings (SSSR count). The van der Waals surface area contributed by atoms with Gasteiger partial charge in [-0.15, -0.1) is 0 Å². The first kappa shape index (κ1) is 26.8. The highest BCUT2D eigenvalue weighted by Crippen LogP contribution is 2.30. The van der Waals surface area contributed by atoms with Crippen LogP contribution >= 0.6 is 12.6 Å². The van der Waals surface area contributed by atoms with Crippen molar-refractivity contribution in [1.29, 1.82) is 0 Å². The van der Waals surface area contributed by atoms with Crippen molar-refractivity contribution in [2.45, 2.75) is 36.5 Å². The summed E-state index contributed by atoms with van der Waals surface area (Å²) < 4.78 is 26.9. The molecule has 2 unspecified atom stereocenters. The smallest absolute Gasteiger partial charge is 0.123 e. The van der Waals surface area contributed by atoms with Gasteiger partial charge in [-0.1, -0.05) is 54.6 Å². The average molecular weight is 511 g/mol. The number of hydrogen-bond acceptors (Lipinski definition) is 4. The first-order valence-electron chi connectivity index (χ1n) is 12.8. The summed E-state index contributed by atoms with van der Waals surface area (Å²) in [6.45, 7) is 5.51. The molecule has 1 N–H and O–H groups in total. The van der Waals surface area contributed by atoms with E-state index in [1.165, 1.54) is 24.3 Å². The van der Waals surface area contributed by atoms with Crippen LogP contribution in [0.1, 0.15) is 47.1 Å². The lowest BCUT2D eigenvalue weighted by molar-refractivity contribution is 0.0680. The zero-order valence-corrected chi connectivity index (χ0v) is 21.5. The molecule has 0 bridgehead atoms. The Morgan fingerprint density at radius 2 is 1.25 bits per heavy atom. The molecule has 0 aromatic heterocycles. The number of aliphatic hydroxyl groups is 1. The topological polar surface area (TPSA) is 26.7 Å². The van der Waals surface area contributed by atoms with E-state index < -0.39 is 6.10 Å². The Kier molecular flexibility index (Phi) is 9.93. The Hall–Kier alpha value is -2.25. The molecule has 3 nitrogen and oxygen atoms in total. The molecule has 0 amide bonds. The summed E-state index contributed by atoms with van der Waals surface area (Å²) in [4.78, 5) is 4.81. The zero-order chi connectivity index (χ0) is 25.3. The van der Waals surface area contributed by atoms with Crippen LogP contribution in [0, 0.1) is 11.6 Å². The largest absolute Gasteiger partial charge is 0.392 e. The van der Waals surface area contributed by atoms with Crippen molar-refractivity contribution >= 4 is 12.6 Å². The molecular weight excluding hydrogens is 474 g/mol. The highest BCUT2D eigenvalue weighted by Gasteiger charge is 2.22. The molecule has 192 valence electrons. The average Bonchev–Trinajstić information content (AvgIpc) is 2.89. The molecule has 0 aliphatic carbocycles. The zero-order valence-electron chi connectivity index (χ0n) is 20.6. The van der Waals surface area contributed by atoms with Crippen LogP contribution in [0.25, 0.3) is 0 Å². The summed E-state index contributed by atoms with van der Waals surface area (Å²) in [5.74, 6) is -0.379. The fourth-order valence-electron chi connectivity index (χ4n) is 5.07. The van der Waals surface area contributed by atoms with E-state index in [2.05, 4.69) is 34.6 Å². The number of halogens is 2. The fraction of sp³-hybridized carbons (Fsp3) is 0.400. The van der Waals surface area contributed by atoms with Crippen molar-refractivity contribution in [3.8, 4) is 0 Å². The summed E-state index contributed by atoms with van der Waals surface area (Å²) in [6.07, 6.45) is 2.16. The van der Waals surface area contributed by atoms with Crippen LogP contribution in [-0.4, -0.2) is 60.3 Å². The number of benzene rings is 3. The van der Waals surface area contributed by atoms with Crippen LogP contribution in [0.15, 0.2) is 78.9 Å². The van der Waals surface area contributed by atoms with Gasteiger partial charge in [-0.05, 0) is 66.8 Å². The molecule has 2 atom stereocenters. The molecule has 1 saturated heterocycles. The summed E-state index contributed by atoms with van der Waals surface area (Å²) in [5, 5.41) is 10.6. The summed E-state index contributed by atoms with van der Waals surface area (Å²) in [5.41, 5.74) is 3.25. The number of thiol groups is 1. The van der Waals surface area contributed by atoms with Crippen molar-refractivity contribution in [1.82, 2.24) is 9.80 Å². The van der Waals surface area contributed by atoms with Crippen LogP contribution in [0.3, 0.4) is 0 Å². The molecular formula is C30H36F2N2OS. The number of β-amino-alcohol motifs (C(OH)–C–C–N with tert-alkyl or cyclic N) is 1. The van der Waals surface area contributed by atoms with Gasteiger partial charge in [-0.3, -0.25) is 4.90 Å². The number of hydrogen-bond donors (Lipinski definition) is 2. The predicted molar refractivity (Wildman–Crippen MR) is 146 cm³/mol. The van der Waals surface area contributed by atoms with Gasteiger partial charge in [0.05, 0.1) is 6.10 Å². The maximum Gasteiger partial charge on any atom is 0.123 e. The van der Waals surface area contributed by atoms with E-state index in [0.29, 0.717) is 13.0 Å². The fourth-order valence-corrected chi connectivity index (χ4v) is 5.49. The Balaban J connectivity index is 1.22. The predicted octanol–water partition coefficient (Wildman–Crippen LogP) is 5.92. The van der Waals surface area contributed by atoms with Crippen LogP contribution in [0.4, 0.5) is 8.78 Å². The third kappa shape index (κ3) is 7.87. The molecule has 36 heavy (non-hydrogen) atoms. The first-order valence-corrected chi connectivity index (χ1v) is 13.4. The second-order valence-electron chi connectivity index (χ2n) is 9.76. The molecule has 3 aromatic rings. The molecule has 1 fully saturated rings. The van der Waals surface area contributed by atoms with E-state index in [-0.39, 0.29) is 22.8 Å². The minimum atomic E-state index is -0.397. The van der Waals surface area contributed by atoms with Crippen molar-refractivity contribution in [3.63, 3.8) is 0 Å². The normalized spacial score (nSPS) is 16.8. The van der Waals surface area contributed by atoms with Crippen molar-refractivity contribution in [2.24, 2.45) is 0 Å². The maximum absolute atomic E-state index is 13.5. The minimum Gasteiger partial charge on any atom is -0.392 e. The third-order valence-corrected chi connectivity index (χ3v) is 7.63.